The fourth-order valence-electron chi connectivity index (χ4n) is 9.35. The van der Waals surface area contributed by atoms with E-state index in [9.17, 15) is 24.0 Å². The van der Waals surface area contributed by atoms with Gasteiger partial charge in [-0.15, -0.1) is 0 Å². The van der Waals surface area contributed by atoms with Gasteiger partial charge in [0.15, 0.2) is 12.2 Å². The second kappa shape index (κ2) is 9.63. The van der Waals surface area contributed by atoms with Gasteiger partial charge in [0, 0.05) is 22.3 Å². The highest BCUT2D eigenvalue weighted by atomic mass is 16.7. The Morgan fingerprint density at radius 1 is 0.792 bits per heavy atom. The third kappa shape index (κ3) is 3.63. The van der Waals surface area contributed by atoms with E-state index in [1.807, 2.05) is 34.6 Å². The lowest BCUT2D eigenvalue weighted by Crippen LogP contribution is -2.58. The number of aryl methyl sites for hydroxylation is 1. The molecule has 5 aliphatic rings. The molecule has 2 aliphatic carbocycles. The van der Waals surface area contributed by atoms with E-state index in [4.69, 9.17) is 28.1 Å². The van der Waals surface area contributed by atoms with Crippen molar-refractivity contribution in [1.82, 2.24) is 0 Å². The van der Waals surface area contributed by atoms with Crippen LogP contribution < -0.4 is 10.4 Å². The van der Waals surface area contributed by atoms with Gasteiger partial charge in [-0.2, -0.15) is 0 Å². The number of carbonyl (C=O) groups excluding carboxylic acids is 4. The summed E-state index contributed by atoms with van der Waals surface area (Å²) < 4.78 is 37.1. The molecule has 11 heteroatoms. The molecule has 4 heterocycles. The van der Waals surface area contributed by atoms with Crippen LogP contribution in [0.1, 0.15) is 111 Å². The SMILES string of the molecule is CCCC1(C)Oc2ccc3c(C)cc(=O)oc3c2[C@@H](OC(=O)C23CCC(C)(C(=O)O2)C3(C)C)[C@H]1OC(=O)C12CCC(C)(C(=O)O1)C2(C)C. The summed E-state index contributed by atoms with van der Waals surface area (Å²) in [6.07, 6.45) is -0.241. The molecule has 2 aromatic rings. The summed E-state index contributed by atoms with van der Waals surface area (Å²) in [7, 11) is 0. The molecule has 11 nitrogen and oxygen atoms in total. The lowest BCUT2D eigenvalue weighted by molar-refractivity contribution is -0.220. The molecule has 5 unspecified atom stereocenters. The average Bonchev–Trinajstić information content (AvgIpc) is 3.46. The van der Waals surface area contributed by atoms with E-state index in [-0.39, 0.29) is 24.0 Å². The molecule has 0 N–H and O–H groups in total. The molecule has 48 heavy (non-hydrogen) atoms. The monoisotopic (exact) mass is 664 g/mol. The van der Waals surface area contributed by atoms with Gasteiger partial charge in [-0.3, -0.25) is 9.59 Å². The Balaban J connectivity index is 1.40. The van der Waals surface area contributed by atoms with Crippen molar-refractivity contribution in [3.05, 3.63) is 39.7 Å². The van der Waals surface area contributed by atoms with Crippen molar-refractivity contribution in [2.75, 3.05) is 0 Å². The Kier molecular flexibility index (Phi) is 6.55. The highest BCUT2D eigenvalue weighted by Crippen LogP contribution is 2.67. The van der Waals surface area contributed by atoms with E-state index in [2.05, 4.69) is 0 Å². The Morgan fingerprint density at radius 2 is 1.33 bits per heavy atom. The van der Waals surface area contributed by atoms with Crippen molar-refractivity contribution in [3.8, 4) is 5.75 Å². The minimum Gasteiger partial charge on any atom is -0.483 e. The zero-order chi connectivity index (χ0) is 35.0. The molecule has 1 aromatic carbocycles. The van der Waals surface area contributed by atoms with Gasteiger partial charge in [0.1, 0.15) is 16.9 Å². The first-order valence-corrected chi connectivity index (χ1v) is 16.9. The highest BCUT2D eigenvalue weighted by molar-refractivity contribution is 5.95. The van der Waals surface area contributed by atoms with E-state index >= 15 is 0 Å². The molecule has 7 atom stereocenters. The third-order valence-corrected chi connectivity index (χ3v) is 13.7. The Labute approximate surface area is 278 Å². The fourth-order valence-corrected chi connectivity index (χ4v) is 9.35. The summed E-state index contributed by atoms with van der Waals surface area (Å²) in [6, 6.07) is 4.86. The van der Waals surface area contributed by atoms with Crippen molar-refractivity contribution in [3.63, 3.8) is 0 Å². The number of ether oxygens (including phenoxy) is 5. The van der Waals surface area contributed by atoms with Gasteiger partial charge in [-0.25, -0.2) is 14.4 Å². The summed E-state index contributed by atoms with van der Waals surface area (Å²) in [6.45, 7) is 16.4. The van der Waals surface area contributed by atoms with Crippen molar-refractivity contribution >= 4 is 34.8 Å². The summed E-state index contributed by atoms with van der Waals surface area (Å²) in [4.78, 5) is 68.2. The number of esters is 4. The zero-order valence-corrected chi connectivity index (χ0v) is 29.1. The average molecular weight is 665 g/mol. The third-order valence-electron chi connectivity index (χ3n) is 13.7. The van der Waals surface area contributed by atoms with E-state index in [0.717, 1.165) is 0 Å². The first kappa shape index (κ1) is 32.6. The van der Waals surface area contributed by atoms with Gasteiger partial charge in [0.05, 0.1) is 16.4 Å². The van der Waals surface area contributed by atoms with E-state index in [1.165, 1.54) is 6.07 Å². The molecule has 7 rings (SSSR count). The molecule has 258 valence electrons. The minimum absolute atomic E-state index is 0.130. The number of hydrogen-bond acceptors (Lipinski definition) is 11. The smallest absolute Gasteiger partial charge is 0.351 e. The van der Waals surface area contributed by atoms with Crippen molar-refractivity contribution in [2.45, 2.75) is 130 Å². The Hall–Kier alpha value is -3.89. The van der Waals surface area contributed by atoms with E-state index in [1.54, 1.807) is 39.8 Å². The molecule has 0 spiro atoms. The standard InChI is InChI=1S/C37H44O11/c1-10-13-35(9)26(45-30(42)37-17-15-34(8,28(40)48-37)32(37,5)6)25(23-21(46-35)12-11-20-19(2)18-22(38)43-24(20)23)44-29(41)36-16-14-33(7,27(39)47-36)31(36,3)4/h11-12,18,25-26H,10,13-17H2,1-9H3/t25-,26-,33?,34?,35?,36?,37?/m1/s1. The quantitative estimate of drug-likeness (QED) is 0.210. The van der Waals surface area contributed by atoms with Crippen LogP contribution in [0.2, 0.25) is 0 Å². The van der Waals surface area contributed by atoms with Gasteiger partial charge in [0.25, 0.3) is 0 Å². The number of benzene rings is 1. The van der Waals surface area contributed by atoms with Gasteiger partial charge in [0.2, 0.25) is 11.2 Å². The molecule has 2 saturated heterocycles. The van der Waals surface area contributed by atoms with Crippen LogP contribution in [0.5, 0.6) is 5.75 Å². The lowest BCUT2D eigenvalue weighted by Gasteiger charge is -2.47. The van der Waals surface area contributed by atoms with Crippen molar-refractivity contribution < 1.29 is 47.3 Å². The zero-order valence-electron chi connectivity index (χ0n) is 29.1. The number of rotatable bonds is 6. The number of hydrogen-bond donors (Lipinski definition) is 0. The van der Waals surface area contributed by atoms with Crippen molar-refractivity contribution in [1.29, 1.82) is 0 Å². The maximum atomic E-state index is 14.6. The van der Waals surface area contributed by atoms with Crippen LogP contribution in [0, 0.1) is 28.6 Å². The summed E-state index contributed by atoms with van der Waals surface area (Å²) in [5.74, 6) is -2.18. The molecule has 4 bridgehead atoms. The predicted octanol–water partition coefficient (Wildman–Crippen LogP) is 5.79. The molecule has 0 radical (unpaired) electrons. The Bertz CT molecular complexity index is 1870. The highest BCUT2D eigenvalue weighted by Gasteiger charge is 2.78. The maximum absolute atomic E-state index is 14.6. The number of fused-ring (bicyclic) bond motifs is 7. The first-order chi connectivity index (χ1) is 22.3. The van der Waals surface area contributed by atoms with Crippen LogP contribution >= 0.6 is 0 Å². The molecule has 3 aliphatic heterocycles. The first-order valence-electron chi connectivity index (χ1n) is 16.9. The van der Waals surface area contributed by atoms with Crippen LogP contribution in [-0.4, -0.2) is 46.8 Å². The molecular formula is C37H44O11. The van der Waals surface area contributed by atoms with E-state index in [0.29, 0.717) is 42.4 Å². The van der Waals surface area contributed by atoms with Gasteiger partial charge >= 0.3 is 29.5 Å². The van der Waals surface area contributed by atoms with E-state index < -0.39 is 80.2 Å². The molecule has 4 fully saturated rings. The van der Waals surface area contributed by atoms with Crippen molar-refractivity contribution in [2.24, 2.45) is 21.7 Å². The fraction of sp³-hybridized carbons (Fsp3) is 0.649. The summed E-state index contributed by atoms with van der Waals surface area (Å²) in [5.41, 5.74) is -7.64. The topological polar surface area (TPSA) is 145 Å². The van der Waals surface area contributed by atoms with Crippen LogP contribution in [0.3, 0.4) is 0 Å². The van der Waals surface area contributed by atoms with Crippen LogP contribution in [0.4, 0.5) is 0 Å². The maximum Gasteiger partial charge on any atom is 0.351 e. The molecule has 1 aromatic heterocycles. The molecule has 0 amide bonds. The van der Waals surface area contributed by atoms with Gasteiger partial charge < -0.3 is 28.1 Å². The van der Waals surface area contributed by atoms with Crippen LogP contribution in [0.15, 0.2) is 27.4 Å². The lowest BCUT2D eigenvalue weighted by atomic mass is 9.66. The van der Waals surface area contributed by atoms with Gasteiger partial charge in [-0.1, -0.05) is 41.0 Å². The van der Waals surface area contributed by atoms with Crippen LogP contribution in [0.25, 0.3) is 11.0 Å². The Morgan fingerprint density at radius 3 is 1.81 bits per heavy atom. The predicted molar refractivity (Wildman–Crippen MR) is 170 cm³/mol. The largest absolute Gasteiger partial charge is 0.483 e. The van der Waals surface area contributed by atoms with Crippen LogP contribution in [-0.2, 0) is 38.1 Å². The molecule has 2 saturated carbocycles. The summed E-state index contributed by atoms with van der Waals surface area (Å²) in [5, 5.41) is 0.581. The molecular weight excluding hydrogens is 620 g/mol. The number of carbonyl (C=O) groups is 4. The van der Waals surface area contributed by atoms with Gasteiger partial charge in [-0.05, 0) is 77.5 Å². The normalized spacial score (nSPS) is 38.3. The second-order valence-corrected chi connectivity index (χ2v) is 16.3. The minimum atomic E-state index is -1.59. The second-order valence-electron chi connectivity index (χ2n) is 16.3. The summed E-state index contributed by atoms with van der Waals surface area (Å²) >= 11 is 0.